The summed E-state index contributed by atoms with van der Waals surface area (Å²) in [5.41, 5.74) is 1.79. The third kappa shape index (κ3) is 1.79. The number of nitrogens with one attached hydrogen (secondary N) is 2. The number of hydrogen-bond donors (Lipinski definition) is 2. The molecule has 1 saturated heterocycles. The highest BCUT2D eigenvalue weighted by Gasteiger charge is 2.40. The van der Waals surface area contributed by atoms with Crippen molar-refractivity contribution in [3.63, 3.8) is 0 Å². The van der Waals surface area contributed by atoms with Crippen LogP contribution in [-0.4, -0.2) is 34.3 Å². The summed E-state index contributed by atoms with van der Waals surface area (Å²) in [5.74, 6) is 0.0289. The maximum Gasteiger partial charge on any atom is 0.272 e. The lowest BCUT2D eigenvalue weighted by molar-refractivity contribution is 0.0845. The molecule has 19 heavy (non-hydrogen) atoms. The van der Waals surface area contributed by atoms with E-state index >= 15 is 0 Å². The van der Waals surface area contributed by atoms with E-state index in [-0.39, 0.29) is 11.4 Å². The van der Waals surface area contributed by atoms with Crippen molar-refractivity contribution in [3.05, 3.63) is 17.5 Å². The Labute approximate surface area is 112 Å². The second kappa shape index (κ2) is 4.07. The molecule has 1 aromatic heterocycles. The minimum absolute atomic E-state index is 0.0250. The van der Waals surface area contributed by atoms with E-state index in [2.05, 4.69) is 21.9 Å². The zero-order valence-corrected chi connectivity index (χ0v) is 11.1. The SMILES string of the molecule is O=C1NC2(CCNCC2)Cc2cn(C3CCC3)nc21. The van der Waals surface area contributed by atoms with Gasteiger partial charge in [0.15, 0.2) is 5.69 Å². The van der Waals surface area contributed by atoms with Crippen LogP contribution in [0.2, 0.25) is 0 Å². The largest absolute Gasteiger partial charge is 0.345 e. The minimum Gasteiger partial charge on any atom is -0.345 e. The maximum absolute atomic E-state index is 12.3. The maximum atomic E-state index is 12.3. The van der Waals surface area contributed by atoms with E-state index in [1.165, 1.54) is 19.3 Å². The molecule has 102 valence electrons. The van der Waals surface area contributed by atoms with E-state index in [1.807, 2.05) is 4.68 Å². The topological polar surface area (TPSA) is 59.0 Å². The van der Waals surface area contributed by atoms with Crippen LogP contribution in [0.25, 0.3) is 0 Å². The van der Waals surface area contributed by atoms with Gasteiger partial charge in [-0.05, 0) is 51.6 Å². The number of rotatable bonds is 1. The van der Waals surface area contributed by atoms with Crippen LogP contribution in [0.1, 0.15) is 54.2 Å². The molecular formula is C14H20N4O. The fourth-order valence-corrected chi connectivity index (χ4v) is 3.50. The average molecular weight is 260 g/mol. The van der Waals surface area contributed by atoms with Crippen molar-refractivity contribution in [2.75, 3.05) is 13.1 Å². The Kier molecular flexibility index (Phi) is 2.45. The van der Waals surface area contributed by atoms with Gasteiger partial charge in [0.2, 0.25) is 0 Å². The summed E-state index contributed by atoms with van der Waals surface area (Å²) in [7, 11) is 0. The van der Waals surface area contributed by atoms with Crippen LogP contribution in [0.4, 0.5) is 0 Å². The quantitative estimate of drug-likeness (QED) is 0.792. The van der Waals surface area contributed by atoms with Crippen LogP contribution >= 0.6 is 0 Å². The Bertz CT molecular complexity index is 512. The van der Waals surface area contributed by atoms with Crippen LogP contribution in [-0.2, 0) is 6.42 Å². The molecule has 5 heteroatoms. The Hall–Kier alpha value is -1.36. The van der Waals surface area contributed by atoms with Crippen LogP contribution in [0, 0.1) is 0 Å². The summed E-state index contributed by atoms with van der Waals surface area (Å²) in [4.78, 5) is 12.3. The van der Waals surface area contributed by atoms with Gasteiger partial charge in [0.05, 0.1) is 6.04 Å². The Morgan fingerprint density at radius 2 is 2.11 bits per heavy atom. The monoisotopic (exact) mass is 260 g/mol. The lowest BCUT2D eigenvalue weighted by atomic mass is 9.80. The summed E-state index contributed by atoms with van der Waals surface area (Å²) in [6, 6.07) is 0.530. The summed E-state index contributed by atoms with van der Waals surface area (Å²) >= 11 is 0. The number of carbonyl (C=O) groups is 1. The normalized spacial score (nSPS) is 25.8. The lowest BCUT2D eigenvalue weighted by Crippen LogP contribution is -2.58. The van der Waals surface area contributed by atoms with Crippen molar-refractivity contribution in [1.29, 1.82) is 0 Å². The predicted molar refractivity (Wildman–Crippen MR) is 71.1 cm³/mol. The molecule has 0 atom stereocenters. The fourth-order valence-electron chi connectivity index (χ4n) is 3.50. The standard InChI is InChI=1S/C14H20N4O/c19-13-12-10(9-18(17-12)11-2-1-3-11)8-14(16-13)4-6-15-7-5-14/h9,11,15H,1-8H2,(H,16,19). The molecule has 5 nitrogen and oxygen atoms in total. The third-order valence-electron chi connectivity index (χ3n) is 4.94. The molecule has 1 saturated carbocycles. The summed E-state index contributed by atoms with van der Waals surface area (Å²) < 4.78 is 2.04. The number of aromatic nitrogens is 2. The lowest BCUT2D eigenvalue weighted by Gasteiger charge is -2.40. The molecule has 0 unspecified atom stereocenters. The molecule has 1 aromatic rings. The van der Waals surface area contributed by atoms with Crippen molar-refractivity contribution in [1.82, 2.24) is 20.4 Å². The van der Waals surface area contributed by atoms with Gasteiger partial charge in [-0.15, -0.1) is 0 Å². The van der Waals surface area contributed by atoms with Gasteiger partial charge in [0.1, 0.15) is 0 Å². The summed E-state index contributed by atoms with van der Waals surface area (Å²) in [5, 5.41) is 11.1. The number of piperidine rings is 1. The third-order valence-corrected chi connectivity index (χ3v) is 4.94. The Morgan fingerprint density at radius 1 is 1.32 bits per heavy atom. The van der Waals surface area contributed by atoms with Crippen LogP contribution in [0.5, 0.6) is 0 Å². The van der Waals surface area contributed by atoms with Crippen LogP contribution in [0.3, 0.4) is 0 Å². The second-order valence-electron chi connectivity index (χ2n) is 6.23. The molecule has 1 amide bonds. The highest BCUT2D eigenvalue weighted by Crippen LogP contribution is 2.34. The molecule has 0 aromatic carbocycles. The fraction of sp³-hybridized carbons (Fsp3) is 0.714. The molecule has 2 fully saturated rings. The first-order valence-corrected chi connectivity index (χ1v) is 7.37. The van der Waals surface area contributed by atoms with Crippen molar-refractivity contribution < 1.29 is 4.79 Å². The molecule has 2 aliphatic heterocycles. The van der Waals surface area contributed by atoms with E-state index in [0.717, 1.165) is 37.9 Å². The van der Waals surface area contributed by atoms with Gasteiger partial charge >= 0.3 is 0 Å². The van der Waals surface area contributed by atoms with Crippen molar-refractivity contribution >= 4 is 5.91 Å². The number of amides is 1. The zero-order chi connectivity index (χ0) is 12.9. The zero-order valence-electron chi connectivity index (χ0n) is 11.1. The van der Waals surface area contributed by atoms with Crippen molar-refractivity contribution in [2.24, 2.45) is 0 Å². The Morgan fingerprint density at radius 3 is 2.79 bits per heavy atom. The molecule has 0 bridgehead atoms. The molecule has 1 aliphatic carbocycles. The Balaban J connectivity index is 1.65. The van der Waals surface area contributed by atoms with E-state index < -0.39 is 0 Å². The molecular weight excluding hydrogens is 240 g/mol. The molecule has 3 aliphatic rings. The highest BCUT2D eigenvalue weighted by atomic mass is 16.2. The first-order chi connectivity index (χ1) is 9.26. The number of nitrogens with zero attached hydrogens (tertiary/aromatic N) is 2. The number of fused-ring (bicyclic) bond motifs is 1. The summed E-state index contributed by atoms with van der Waals surface area (Å²) in [6.07, 6.45) is 8.81. The van der Waals surface area contributed by atoms with Gasteiger partial charge in [0.25, 0.3) is 5.91 Å². The average Bonchev–Trinajstić information content (AvgIpc) is 2.71. The van der Waals surface area contributed by atoms with E-state index in [1.54, 1.807) is 0 Å². The molecule has 2 N–H and O–H groups in total. The van der Waals surface area contributed by atoms with E-state index in [4.69, 9.17) is 0 Å². The van der Waals surface area contributed by atoms with Crippen LogP contribution < -0.4 is 10.6 Å². The molecule has 3 heterocycles. The molecule has 1 spiro atoms. The van der Waals surface area contributed by atoms with Gasteiger partial charge in [-0.1, -0.05) is 0 Å². The molecule has 0 radical (unpaired) electrons. The van der Waals surface area contributed by atoms with Crippen LogP contribution in [0.15, 0.2) is 6.20 Å². The van der Waals surface area contributed by atoms with E-state index in [9.17, 15) is 4.79 Å². The van der Waals surface area contributed by atoms with Gasteiger partial charge in [-0.25, -0.2) is 0 Å². The second-order valence-corrected chi connectivity index (χ2v) is 6.23. The number of carbonyl (C=O) groups excluding carboxylic acids is 1. The predicted octanol–water partition coefficient (Wildman–Crippen LogP) is 1.02. The first kappa shape index (κ1) is 11.5. The first-order valence-electron chi connectivity index (χ1n) is 7.37. The van der Waals surface area contributed by atoms with E-state index in [0.29, 0.717) is 11.7 Å². The van der Waals surface area contributed by atoms with Crippen molar-refractivity contribution in [3.8, 4) is 0 Å². The van der Waals surface area contributed by atoms with Gasteiger partial charge in [-0.2, -0.15) is 5.10 Å². The molecule has 4 rings (SSSR count). The number of hydrogen-bond acceptors (Lipinski definition) is 3. The van der Waals surface area contributed by atoms with Gasteiger partial charge in [0, 0.05) is 17.3 Å². The van der Waals surface area contributed by atoms with Crippen molar-refractivity contribution in [2.45, 2.75) is 50.1 Å². The minimum atomic E-state index is -0.0250. The van der Waals surface area contributed by atoms with Gasteiger partial charge < -0.3 is 10.6 Å². The smallest absolute Gasteiger partial charge is 0.272 e. The summed E-state index contributed by atoms with van der Waals surface area (Å²) in [6.45, 7) is 1.98. The van der Waals surface area contributed by atoms with Gasteiger partial charge in [-0.3, -0.25) is 9.48 Å². The highest BCUT2D eigenvalue weighted by molar-refractivity contribution is 5.95.